The minimum atomic E-state index is -0.521. The number of carbonyl (C=O) groups is 2. The van der Waals surface area contributed by atoms with Crippen molar-refractivity contribution in [1.82, 2.24) is 10.2 Å². The fourth-order valence-corrected chi connectivity index (χ4v) is 5.61. The Bertz CT molecular complexity index is 1050. The van der Waals surface area contributed by atoms with E-state index in [-0.39, 0.29) is 48.1 Å². The van der Waals surface area contributed by atoms with Crippen molar-refractivity contribution in [3.05, 3.63) is 28.3 Å². The molecule has 2 aliphatic heterocycles. The highest BCUT2D eigenvalue weighted by Gasteiger charge is 2.52. The van der Waals surface area contributed by atoms with Gasteiger partial charge in [-0.25, -0.2) is 4.99 Å². The monoisotopic (exact) mass is 504 g/mol. The topological polar surface area (TPSA) is 106 Å². The van der Waals surface area contributed by atoms with Crippen LogP contribution in [-0.4, -0.2) is 53.6 Å². The van der Waals surface area contributed by atoms with Gasteiger partial charge in [0.2, 0.25) is 11.8 Å². The van der Waals surface area contributed by atoms with E-state index in [2.05, 4.69) is 10.3 Å². The first kappa shape index (κ1) is 25.8. The van der Waals surface area contributed by atoms with Gasteiger partial charge in [-0.05, 0) is 71.1 Å². The van der Waals surface area contributed by atoms with Crippen LogP contribution in [0.4, 0.5) is 0 Å². The van der Waals surface area contributed by atoms with E-state index in [0.29, 0.717) is 30.9 Å². The molecule has 1 saturated carbocycles. The first-order valence-electron chi connectivity index (χ1n) is 12.3. The predicted molar refractivity (Wildman–Crippen MR) is 135 cm³/mol. The van der Waals surface area contributed by atoms with Crippen LogP contribution in [0.3, 0.4) is 0 Å². The second-order valence-corrected chi connectivity index (χ2v) is 11.8. The molecule has 3 N–H and O–H groups in total. The number of carbonyl (C=O) groups excluding carboxylic acids is 2. The van der Waals surface area contributed by atoms with Crippen molar-refractivity contribution in [2.45, 2.75) is 83.5 Å². The first-order chi connectivity index (χ1) is 16.3. The Morgan fingerprint density at radius 1 is 1.37 bits per heavy atom. The van der Waals surface area contributed by atoms with Gasteiger partial charge >= 0.3 is 0 Å². The number of fused-ring (bicyclic) bond motifs is 1. The number of methoxy groups -OCH3 is 1. The molecule has 2 amide bonds. The van der Waals surface area contributed by atoms with Crippen LogP contribution in [0.25, 0.3) is 0 Å². The summed E-state index contributed by atoms with van der Waals surface area (Å²) < 4.78 is 11.5. The molecule has 9 heteroatoms. The molecule has 1 unspecified atom stereocenters. The Kier molecular flexibility index (Phi) is 6.83. The lowest BCUT2D eigenvalue weighted by Crippen LogP contribution is -2.55. The fraction of sp³-hybridized carbons (Fsp3) is 0.654. The summed E-state index contributed by atoms with van der Waals surface area (Å²) in [5.74, 6) is 0.691. The van der Waals surface area contributed by atoms with Crippen LogP contribution in [0.1, 0.15) is 70.5 Å². The molecule has 192 valence electrons. The smallest absolute Gasteiger partial charge is 0.231 e. The number of aryl methyl sites for hydroxylation is 1. The van der Waals surface area contributed by atoms with E-state index < -0.39 is 11.1 Å². The third-order valence-electron chi connectivity index (χ3n) is 7.20. The number of guanidine groups is 1. The lowest BCUT2D eigenvalue weighted by molar-refractivity contribution is -0.132. The van der Waals surface area contributed by atoms with E-state index in [1.807, 2.05) is 46.8 Å². The molecule has 0 spiro atoms. The van der Waals surface area contributed by atoms with Crippen molar-refractivity contribution >= 4 is 29.4 Å². The van der Waals surface area contributed by atoms with Gasteiger partial charge in [0, 0.05) is 42.7 Å². The number of nitrogens with two attached hydrogens (primary N) is 1. The molecule has 0 saturated heterocycles. The normalized spacial score (nSPS) is 27.4. The van der Waals surface area contributed by atoms with Gasteiger partial charge in [-0.15, -0.1) is 0 Å². The molecular weight excluding hydrogens is 468 g/mol. The number of ether oxygens (including phenoxy) is 2. The van der Waals surface area contributed by atoms with Gasteiger partial charge in [0.1, 0.15) is 11.4 Å². The van der Waals surface area contributed by atoms with Crippen LogP contribution in [-0.2, 0) is 14.3 Å². The van der Waals surface area contributed by atoms with E-state index in [1.165, 1.54) is 0 Å². The Morgan fingerprint density at radius 2 is 2.09 bits per heavy atom. The summed E-state index contributed by atoms with van der Waals surface area (Å²) in [5.41, 5.74) is 7.14. The van der Waals surface area contributed by atoms with Crippen LogP contribution < -0.4 is 15.8 Å². The number of amides is 2. The fourth-order valence-electron chi connectivity index (χ4n) is 5.44. The van der Waals surface area contributed by atoms with Gasteiger partial charge in [-0.3, -0.25) is 14.5 Å². The number of rotatable bonds is 7. The third kappa shape index (κ3) is 5.43. The summed E-state index contributed by atoms with van der Waals surface area (Å²) >= 11 is 6.40. The SMILES string of the molecule is COCC[C@H](C1C[C@H]1C(=O)N[C@H]1CC(C)(C)Oc2cc(C)c(Cl)cc21)N1C(=O)CC(C)(C)N=C1N. The first-order valence-corrected chi connectivity index (χ1v) is 12.7. The Labute approximate surface area is 212 Å². The highest BCUT2D eigenvalue weighted by molar-refractivity contribution is 6.31. The van der Waals surface area contributed by atoms with Crippen molar-refractivity contribution < 1.29 is 19.1 Å². The largest absolute Gasteiger partial charge is 0.487 e. The van der Waals surface area contributed by atoms with E-state index in [9.17, 15) is 9.59 Å². The van der Waals surface area contributed by atoms with Crippen LogP contribution in [0.2, 0.25) is 5.02 Å². The molecule has 0 bridgehead atoms. The average molecular weight is 505 g/mol. The molecule has 4 atom stereocenters. The molecule has 1 fully saturated rings. The van der Waals surface area contributed by atoms with Crippen molar-refractivity contribution in [2.24, 2.45) is 22.6 Å². The number of nitrogens with one attached hydrogen (secondary N) is 1. The van der Waals surface area contributed by atoms with Crippen LogP contribution in [0.15, 0.2) is 17.1 Å². The molecule has 8 nitrogen and oxygen atoms in total. The molecule has 1 aromatic rings. The standard InChI is InChI=1S/C26H37ClN4O4/c1-14-9-21-17(11-18(14)27)19(12-26(4,5)35-21)29-23(33)16-10-15(16)20(7-8-34-6)31-22(32)13-25(2,3)30-24(31)28/h9,11,15-16,19-20H,7-8,10,12-13H2,1-6H3,(H2,28,30)(H,29,33)/t15?,16-,19+,20-/m1/s1. The molecular formula is C26H37ClN4O4. The zero-order valence-electron chi connectivity index (χ0n) is 21.5. The third-order valence-corrected chi connectivity index (χ3v) is 7.61. The van der Waals surface area contributed by atoms with Crippen molar-refractivity contribution in [3.8, 4) is 5.75 Å². The second kappa shape index (κ2) is 9.28. The highest BCUT2D eigenvalue weighted by atomic mass is 35.5. The van der Waals surface area contributed by atoms with E-state index in [1.54, 1.807) is 12.0 Å². The minimum absolute atomic E-state index is 0.00186. The van der Waals surface area contributed by atoms with Crippen LogP contribution in [0, 0.1) is 18.8 Å². The zero-order valence-corrected chi connectivity index (χ0v) is 22.2. The molecule has 4 rings (SSSR count). The quantitative estimate of drug-likeness (QED) is 0.588. The Hall–Kier alpha value is -2.32. The van der Waals surface area contributed by atoms with Crippen molar-refractivity contribution in [2.75, 3.05) is 13.7 Å². The molecule has 3 aliphatic rings. The van der Waals surface area contributed by atoms with Gasteiger partial charge in [-0.2, -0.15) is 0 Å². The molecule has 1 aromatic carbocycles. The molecule has 0 aromatic heterocycles. The number of hydrogen-bond acceptors (Lipinski definition) is 6. The van der Waals surface area contributed by atoms with Crippen molar-refractivity contribution in [3.63, 3.8) is 0 Å². The summed E-state index contributed by atoms with van der Waals surface area (Å²) in [6.07, 6.45) is 2.20. The predicted octanol–water partition coefficient (Wildman–Crippen LogP) is 3.73. The summed E-state index contributed by atoms with van der Waals surface area (Å²) in [6, 6.07) is 3.39. The van der Waals surface area contributed by atoms with E-state index in [0.717, 1.165) is 16.9 Å². The van der Waals surface area contributed by atoms with E-state index >= 15 is 0 Å². The molecule has 2 heterocycles. The van der Waals surface area contributed by atoms with Gasteiger partial charge in [0.15, 0.2) is 5.96 Å². The highest BCUT2D eigenvalue weighted by Crippen LogP contribution is 2.47. The Morgan fingerprint density at radius 3 is 2.74 bits per heavy atom. The lowest BCUT2D eigenvalue weighted by Gasteiger charge is -2.39. The van der Waals surface area contributed by atoms with Crippen molar-refractivity contribution in [1.29, 1.82) is 0 Å². The molecule has 1 aliphatic carbocycles. The number of aliphatic imine (C=N–C) groups is 1. The van der Waals surface area contributed by atoms with E-state index in [4.69, 9.17) is 26.8 Å². The number of hydrogen-bond donors (Lipinski definition) is 2. The van der Waals surface area contributed by atoms with Gasteiger partial charge in [0.25, 0.3) is 0 Å². The van der Waals surface area contributed by atoms with Crippen LogP contribution >= 0.6 is 11.6 Å². The summed E-state index contributed by atoms with van der Waals surface area (Å²) in [6.45, 7) is 10.2. The molecule has 0 radical (unpaired) electrons. The van der Waals surface area contributed by atoms with Gasteiger partial charge in [-0.1, -0.05) is 11.6 Å². The number of benzene rings is 1. The second-order valence-electron chi connectivity index (χ2n) is 11.3. The number of halogens is 1. The average Bonchev–Trinajstić information content (AvgIpc) is 3.51. The summed E-state index contributed by atoms with van der Waals surface area (Å²) in [7, 11) is 1.63. The van der Waals surface area contributed by atoms with Crippen LogP contribution in [0.5, 0.6) is 5.75 Å². The minimum Gasteiger partial charge on any atom is -0.487 e. The zero-order chi connectivity index (χ0) is 25.7. The maximum absolute atomic E-state index is 13.4. The summed E-state index contributed by atoms with van der Waals surface area (Å²) in [5, 5.41) is 3.89. The lowest BCUT2D eigenvalue weighted by atomic mass is 9.89. The van der Waals surface area contributed by atoms with Gasteiger partial charge in [0.05, 0.1) is 18.0 Å². The maximum atomic E-state index is 13.4. The molecule has 35 heavy (non-hydrogen) atoms. The number of nitrogens with zero attached hydrogens (tertiary/aromatic N) is 2. The van der Waals surface area contributed by atoms with Gasteiger partial charge < -0.3 is 20.5 Å². The Balaban J connectivity index is 1.52. The summed E-state index contributed by atoms with van der Waals surface area (Å²) in [4.78, 5) is 32.6. The maximum Gasteiger partial charge on any atom is 0.231 e.